The Bertz CT molecular complexity index is 990. The molecule has 0 saturated heterocycles. The molecule has 0 spiro atoms. The van der Waals surface area contributed by atoms with E-state index >= 15 is 0 Å². The van der Waals surface area contributed by atoms with E-state index in [1.807, 2.05) is 0 Å². The van der Waals surface area contributed by atoms with E-state index in [1.165, 1.54) is 31.5 Å². The molecule has 0 aliphatic carbocycles. The Balaban J connectivity index is 1.83. The third kappa shape index (κ3) is 4.59. The number of ether oxygens (including phenoxy) is 1. The van der Waals surface area contributed by atoms with Gasteiger partial charge >= 0.3 is 6.18 Å². The van der Waals surface area contributed by atoms with E-state index in [0.717, 1.165) is 12.1 Å². The molecule has 3 aromatic rings. The van der Waals surface area contributed by atoms with E-state index in [1.54, 1.807) is 30.3 Å². The molecule has 1 aromatic heterocycles. The van der Waals surface area contributed by atoms with Crippen LogP contribution < -0.4 is 15.4 Å². The fourth-order valence-electron chi connectivity index (χ4n) is 2.50. The minimum absolute atomic E-state index is 0.0380. The van der Waals surface area contributed by atoms with Gasteiger partial charge in [0.15, 0.2) is 0 Å². The minimum Gasteiger partial charge on any atom is -0.497 e. The van der Waals surface area contributed by atoms with Crippen LogP contribution in [0.15, 0.2) is 66.9 Å². The van der Waals surface area contributed by atoms with Crippen molar-refractivity contribution in [3.63, 3.8) is 0 Å². The van der Waals surface area contributed by atoms with Crippen molar-refractivity contribution in [3.05, 3.63) is 78.0 Å². The first-order chi connectivity index (χ1) is 13.4. The largest absolute Gasteiger partial charge is 0.497 e. The second kappa shape index (κ2) is 7.99. The molecular formula is C20H16F3N3O2. The molecule has 0 saturated carbocycles. The van der Waals surface area contributed by atoms with Gasteiger partial charge in [-0.25, -0.2) is 4.98 Å². The third-order valence-corrected chi connectivity index (χ3v) is 3.83. The Labute approximate surface area is 159 Å². The number of nitrogens with zero attached hydrogens (tertiary/aromatic N) is 1. The Morgan fingerprint density at radius 1 is 1.00 bits per heavy atom. The number of benzene rings is 2. The number of anilines is 3. The highest BCUT2D eigenvalue weighted by Crippen LogP contribution is 2.31. The molecule has 1 heterocycles. The SMILES string of the molecule is COc1cccc(Nc2ncccc2C(=O)Nc2cccc(C(F)(F)F)c2)c1. The highest BCUT2D eigenvalue weighted by atomic mass is 19.4. The molecule has 144 valence electrons. The molecule has 28 heavy (non-hydrogen) atoms. The van der Waals surface area contributed by atoms with Crippen LogP contribution in [-0.4, -0.2) is 18.0 Å². The fraction of sp³-hybridized carbons (Fsp3) is 0.100. The highest BCUT2D eigenvalue weighted by Gasteiger charge is 2.30. The van der Waals surface area contributed by atoms with Gasteiger partial charge < -0.3 is 15.4 Å². The van der Waals surface area contributed by atoms with Gasteiger partial charge in [-0.3, -0.25) is 4.79 Å². The average Bonchev–Trinajstić information content (AvgIpc) is 2.68. The normalized spacial score (nSPS) is 11.0. The molecule has 0 atom stereocenters. The zero-order valence-electron chi connectivity index (χ0n) is 14.7. The van der Waals surface area contributed by atoms with Crippen LogP contribution >= 0.6 is 0 Å². The van der Waals surface area contributed by atoms with Crippen LogP contribution in [0.5, 0.6) is 5.75 Å². The molecule has 0 aliphatic heterocycles. The van der Waals surface area contributed by atoms with Gasteiger partial charge in [0, 0.05) is 23.6 Å². The predicted molar refractivity (Wildman–Crippen MR) is 99.9 cm³/mol. The first-order valence-electron chi connectivity index (χ1n) is 8.21. The fourth-order valence-corrected chi connectivity index (χ4v) is 2.50. The molecule has 2 N–H and O–H groups in total. The lowest BCUT2D eigenvalue weighted by molar-refractivity contribution is -0.137. The lowest BCUT2D eigenvalue weighted by Gasteiger charge is -2.13. The van der Waals surface area contributed by atoms with Crippen LogP contribution in [-0.2, 0) is 6.18 Å². The molecule has 0 aliphatic rings. The van der Waals surface area contributed by atoms with Crippen molar-refractivity contribution in [2.45, 2.75) is 6.18 Å². The number of carbonyl (C=O) groups is 1. The summed E-state index contributed by atoms with van der Waals surface area (Å²) in [7, 11) is 1.54. The van der Waals surface area contributed by atoms with Gasteiger partial charge in [-0.15, -0.1) is 0 Å². The molecule has 3 rings (SSSR count). The van der Waals surface area contributed by atoms with Crippen LogP contribution in [0.25, 0.3) is 0 Å². The molecule has 0 fully saturated rings. The van der Waals surface area contributed by atoms with Crippen LogP contribution in [0.4, 0.5) is 30.4 Å². The number of amides is 1. The van der Waals surface area contributed by atoms with Crippen molar-refractivity contribution >= 4 is 23.1 Å². The zero-order valence-corrected chi connectivity index (χ0v) is 14.7. The van der Waals surface area contributed by atoms with E-state index in [4.69, 9.17) is 4.74 Å². The summed E-state index contributed by atoms with van der Waals surface area (Å²) in [5.41, 5.74) is 0.0242. The average molecular weight is 387 g/mol. The molecule has 0 unspecified atom stereocenters. The Kier molecular flexibility index (Phi) is 5.49. The lowest BCUT2D eigenvalue weighted by Crippen LogP contribution is -2.15. The number of methoxy groups -OCH3 is 1. The molecule has 5 nitrogen and oxygen atoms in total. The number of rotatable bonds is 5. The number of alkyl halides is 3. The van der Waals surface area contributed by atoms with Crippen molar-refractivity contribution in [1.82, 2.24) is 4.98 Å². The highest BCUT2D eigenvalue weighted by molar-refractivity contribution is 6.07. The first-order valence-corrected chi connectivity index (χ1v) is 8.21. The predicted octanol–water partition coefficient (Wildman–Crippen LogP) is 5.10. The molecular weight excluding hydrogens is 371 g/mol. The summed E-state index contributed by atoms with van der Waals surface area (Å²) in [4.78, 5) is 16.8. The number of nitrogens with one attached hydrogen (secondary N) is 2. The zero-order chi connectivity index (χ0) is 20.1. The maximum atomic E-state index is 12.9. The summed E-state index contributed by atoms with van der Waals surface area (Å²) in [5.74, 6) is 0.300. The quantitative estimate of drug-likeness (QED) is 0.639. The van der Waals surface area contributed by atoms with E-state index in [2.05, 4.69) is 15.6 Å². The molecule has 8 heteroatoms. The van der Waals surface area contributed by atoms with Crippen LogP contribution in [0.3, 0.4) is 0 Å². The van der Waals surface area contributed by atoms with Crippen molar-refractivity contribution in [2.75, 3.05) is 17.7 Å². The first kappa shape index (κ1) is 19.2. The van der Waals surface area contributed by atoms with Crippen molar-refractivity contribution in [1.29, 1.82) is 0 Å². The smallest absolute Gasteiger partial charge is 0.416 e. The van der Waals surface area contributed by atoms with Crippen molar-refractivity contribution in [3.8, 4) is 5.75 Å². The number of hydrogen-bond donors (Lipinski definition) is 2. The molecule has 1 amide bonds. The Morgan fingerprint density at radius 3 is 2.50 bits per heavy atom. The summed E-state index contributed by atoms with van der Waals surface area (Å²) in [5, 5.41) is 5.49. The van der Waals surface area contributed by atoms with Crippen LogP contribution in [0.1, 0.15) is 15.9 Å². The number of halogens is 3. The second-order valence-electron chi connectivity index (χ2n) is 5.79. The van der Waals surface area contributed by atoms with E-state index in [0.29, 0.717) is 11.4 Å². The monoisotopic (exact) mass is 387 g/mol. The second-order valence-corrected chi connectivity index (χ2v) is 5.79. The number of carbonyl (C=O) groups excluding carboxylic acids is 1. The van der Waals surface area contributed by atoms with Crippen LogP contribution in [0.2, 0.25) is 0 Å². The number of pyridine rings is 1. The molecule has 0 bridgehead atoms. The summed E-state index contributed by atoms with van der Waals surface area (Å²) >= 11 is 0. The van der Waals surface area contributed by atoms with Gasteiger partial charge in [0.2, 0.25) is 0 Å². The van der Waals surface area contributed by atoms with Crippen molar-refractivity contribution in [2.24, 2.45) is 0 Å². The molecule has 0 radical (unpaired) electrons. The summed E-state index contributed by atoms with van der Waals surface area (Å²) in [6, 6.07) is 14.6. The van der Waals surface area contributed by atoms with Crippen molar-refractivity contribution < 1.29 is 22.7 Å². The Morgan fingerprint density at radius 2 is 1.75 bits per heavy atom. The van der Waals surface area contributed by atoms with Gasteiger partial charge in [-0.05, 0) is 42.5 Å². The lowest BCUT2D eigenvalue weighted by atomic mass is 10.1. The van der Waals surface area contributed by atoms with Gasteiger partial charge in [0.05, 0.1) is 18.2 Å². The van der Waals surface area contributed by atoms with E-state index in [9.17, 15) is 18.0 Å². The topological polar surface area (TPSA) is 63.2 Å². The standard InChI is InChI=1S/C20H16F3N3O2/c1-28-16-8-3-7-15(12-16)25-18-17(9-4-10-24-18)19(27)26-14-6-2-5-13(11-14)20(21,22)23/h2-12H,1H3,(H,24,25)(H,26,27). The van der Waals surface area contributed by atoms with E-state index < -0.39 is 17.6 Å². The number of aromatic nitrogens is 1. The molecule has 2 aromatic carbocycles. The van der Waals surface area contributed by atoms with Gasteiger partial charge in [0.25, 0.3) is 5.91 Å². The van der Waals surface area contributed by atoms with Gasteiger partial charge in [0.1, 0.15) is 11.6 Å². The number of hydrogen-bond acceptors (Lipinski definition) is 4. The van der Waals surface area contributed by atoms with E-state index in [-0.39, 0.29) is 17.1 Å². The summed E-state index contributed by atoms with van der Waals surface area (Å²) in [6.45, 7) is 0. The minimum atomic E-state index is -4.49. The summed E-state index contributed by atoms with van der Waals surface area (Å²) < 4.78 is 43.7. The van der Waals surface area contributed by atoms with Gasteiger partial charge in [-0.2, -0.15) is 13.2 Å². The summed E-state index contributed by atoms with van der Waals surface area (Å²) in [6.07, 6.45) is -2.99. The third-order valence-electron chi connectivity index (χ3n) is 3.83. The maximum Gasteiger partial charge on any atom is 0.416 e. The van der Waals surface area contributed by atoms with Crippen LogP contribution in [0, 0.1) is 0 Å². The van der Waals surface area contributed by atoms with Gasteiger partial charge in [-0.1, -0.05) is 12.1 Å². The maximum absolute atomic E-state index is 12.9. The Hall–Kier alpha value is -3.55.